The Morgan fingerprint density at radius 2 is 2.00 bits per heavy atom. The maximum Gasteiger partial charge on any atom is 0.124 e. The minimum atomic E-state index is 0.340. The van der Waals surface area contributed by atoms with Gasteiger partial charge in [-0.2, -0.15) is 0 Å². The van der Waals surface area contributed by atoms with Crippen molar-refractivity contribution >= 4 is 0 Å². The van der Waals surface area contributed by atoms with Crippen LogP contribution in [0, 0.1) is 0 Å². The Morgan fingerprint density at radius 3 is 2.81 bits per heavy atom. The van der Waals surface area contributed by atoms with E-state index in [-0.39, 0.29) is 0 Å². The fourth-order valence-electron chi connectivity index (χ4n) is 2.78. The van der Waals surface area contributed by atoms with Crippen LogP contribution in [-0.2, 0) is 24.3 Å². The normalized spacial score (nSPS) is 18.4. The fraction of sp³-hybridized carbons (Fsp3) is 0.333. The zero-order valence-corrected chi connectivity index (χ0v) is 12.3. The Bertz CT molecular complexity index is 583. The Morgan fingerprint density at radius 1 is 1.14 bits per heavy atom. The van der Waals surface area contributed by atoms with Gasteiger partial charge in [-0.3, -0.25) is 0 Å². The zero-order chi connectivity index (χ0) is 14.5. The summed E-state index contributed by atoms with van der Waals surface area (Å²) in [7, 11) is 1.71. The Labute approximate surface area is 125 Å². The molecule has 21 heavy (non-hydrogen) atoms. The molecule has 0 amide bonds. The van der Waals surface area contributed by atoms with Crippen molar-refractivity contribution in [3.8, 4) is 5.75 Å². The molecular formula is C18H21NO2. The summed E-state index contributed by atoms with van der Waals surface area (Å²) in [5, 5.41) is 3.60. The van der Waals surface area contributed by atoms with Crippen molar-refractivity contribution in [3.63, 3.8) is 0 Å². The summed E-state index contributed by atoms with van der Waals surface area (Å²) < 4.78 is 11.3. The lowest BCUT2D eigenvalue weighted by Crippen LogP contribution is -2.36. The maximum atomic E-state index is 5.89. The number of hydrogen-bond acceptors (Lipinski definition) is 3. The second kappa shape index (κ2) is 6.74. The first-order valence-corrected chi connectivity index (χ1v) is 7.36. The molecule has 3 nitrogen and oxygen atoms in total. The van der Waals surface area contributed by atoms with Crippen LogP contribution in [0.15, 0.2) is 48.5 Å². The van der Waals surface area contributed by atoms with Crippen LogP contribution in [0.1, 0.15) is 16.7 Å². The third kappa shape index (κ3) is 3.43. The molecule has 0 aromatic heterocycles. The van der Waals surface area contributed by atoms with Gasteiger partial charge in [-0.05, 0) is 23.6 Å². The average Bonchev–Trinajstić information content (AvgIpc) is 2.51. The second-order valence-corrected chi connectivity index (χ2v) is 5.38. The molecule has 2 aromatic carbocycles. The molecular weight excluding hydrogens is 262 g/mol. The molecule has 1 aliphatic heterocycles. The van der Waals surface area contributed by atoms with E-state index in [2.05, 4.69) is 35.6 Å². The standard InChI is InChI=1S/C18H21NO2/c1-20-18-9-5-8-15-11-19-16(12-21-13-17(15)18)10-14-6-3-2-4-7-14/h2-9,16,19H,10-13H2,1H3. The third-order valence-corrected chi connectivity index (χ3v) is 3.92. The molecule has 1 atom stereocenters. The summed E-state index contributed by atoms with van der Waals surface area (Å²) in [6.07, 6.45) is 0.986. The van der Waals surface area contributed by atoms with Gasteiger partial charge >= 0.3 is 0 Å². The quantitative estimate of drug-likeness (QED) is 0.939. The minimum Gasteiger partial charge on any atom is -0.496 e. The third-order valence-electron chi connectivity index (χ3n) is 3.92. The van der Waals surface area contributed by atoms with E-state index in [1.165, 1.54) is 11.1 Å². The Hall–Kier alpha value is -1.84. The molecule has 0 radical (unpaired) electrons. The van der Waals surface area contributed by atoms with Crippen molar-refractivity contribution in [1.82, 2.24) is 5.32 Å². The van der Waals surface area contributed by atoms with Gasteiger partial charge in [0.05, 0.1) is 20.3 Å². The number of ether oxygens (including phenoxy) is 2. The highest BCUT2D eigenvalue weighted by molar-refractivity contribution is 5.40. The lowest BCUT2D eigenvalue weighted by atomic mass is 10.0. The number of fused-ring (bicyclic) bond motifs is 1. The van der Waals surface area contributed by atoms with Gasteiger partial charge < -0.3 is 14.8 Å². The number of hydrogen-bond donors (Lipinski definition) is 1. The molecule has 3 rings (SSSR count). The maximum absolute atomic E-state index is 5.89. The largest absolute Gasteiger partial charge is 0.496 e. The second-order valence-electron chi connectivity index (χ2n) is 5.38. The van der Waals surface area contributed by atoms with Crippen LogP contribution >= 0.6 is 0 Å². The van der Waals surface area contributed by atoms with Crippen LogP contribution in [0.5, 0.6) is 5.75 Å². The fourth-order valence-corrected chi connectivity index (χ4v) is 2.78. The van der Waals surface area contributed by atoms with E-state index in [1.54, 1.807) is 7.11 Å². The smallest absolute Gasteiger partial charge is 0.124 e. The van der Waals surface area contributed by atoms with E-state index in [1.807, 2.05) is 18.2 Å². The molecule has 0 bridgehead atoms. The first-order valence-electron chi connectivity index (χ1n) is 7.36. The van der Waals surface area contributed by atoms with E-state index in [9.17, 15) is 0 Å². The lowest BCUT2D eigenvalue weighted by Gasteiger charge is -2.24. The first kappa shape index (κ1) is 14.1. The van der Waals surface area contributed by atoms with Crippen LogP contribution in [0.2, 0.25) is 0 Å². The van der Waals surface area contributed by atoms with Crippen molar-refractivity contribution in [2.75, 3.05) is 13.7 Å². The summed E-state index contributed by atoms with van der Waals surface area (Å²) in [4.78, 5) is 0. The van der Waals surface area contributed by atoms with Crippen LogP contribution in [-0.4, -0.2) is 19.8 Å². The molecule has 0 aliphatic carbocycles. The topological polar surface area (TPSA) is 30.5 Å². The van der Waals surface area contributed by atoms with Gasteiger partial charge in [-0.15, -0.1) is 0 Å². The Balaban J connectivity index is 1.71. The molecule has 0 spiro atoms. The zero-order valence-electron chi connectivity index (χ0n) is 12.3. The van der Waals surface area contributed by atoms with Gasteiger partial charge in [0.15, 0.2) is 0 Å². The van der Waals surface area contributed by atoms with Crippen LogP contribution in [0.3, 0.4) is 0 Å². The molecule has 1 unspecified atom stereocenters. The molecule has 1 N–H and O–H groups in total. The molecule has 110 valence electrons. The van der Waals surface area contributed by atoms with Crippen LogP contribution in [0.4, 0.5) is 0 Å². The van der Waals surface area contributed by atoms with Crippen LogP contribution < -0.4 is 10.1 Å². The first-order chi connectivity index (χ1) is 10.4. The molecule has 1 heterocycles. The highest BCUT2D eigenvalue weighted by atomic mass is 16.5. The van der Waals surface area contributed by atoms with Crippen molar-refractivity contribution in [2.24, 2.45) is 0 Å². The predicted molar refractivity (Wildman–Crippen MR) is 83.4 cm³/mol. The molecule has 0 saturated heterocycles. The highest BCUT2D eigenvalue weighted by Crippen LogP contribution is 2.24. The van der Waals surface area contributed by atoms with Crippen molar-refractivity contribution < 1.29 is 9.47 Å². The van der Waals surface area contributed by atoms with Gasteiger partial charge in [0, 0.05) is 18.2 Å². The van der Waals surface area contributed by atoms with E-state index in [4.69, 9.17) is 9.47 Å². The molecule has 0 fully saturated rings. The molecule has 2 aromatic rings. The van der Waals surface area contributed by atoms with Gasteiger partial charge in [0.1, 0.15) is 5.75 Å². The molecule has 0 saturated carbocycles. The predicted octanol–water partition coefficient (Wildman–Crippen LogP) is 2.93. The van der Waals surface area contributed by atoms with Crippen molar-refractivity contribution in [1.29, 1.82) is 0 Å². The molecule has 3 heteroatoms. The number of methoxy groups -OCH3 is 1. The molecule has 1 aliphatic rings. The highest BCUT2D eigenvalue weighted by Gasteiger charge is 2.17. The van der Waals surface area contributed by atoms with E-state index in [0.717, 1.165) is 24.3 Å². The van der Waals surface area contributed by atoms with Crippen molar-refractivity contribution in [3.05, 3.63) is 65.2 Å². The monoisotopic (exact) mass is 283 g/mol. The summed E-state index contributed by atoms with van der Waals surface area (Å²) in [5.41, 5.74) is 3.75. The van der Waals surface area contributed by atoms with E-state index < -0.39 is 0 Å². The Kier molecular flexibility index (Phi) is 4.53. The van der Waals surface area contributed by atoms with Gasteiger partial charge in [0.25, 0.3) is 0 Å². The summed E-state index contributed by atoms with van der Waals surface area (Å²) in [5.74, 6) is 0.913. The number of nitrogens with one attached hydrogen (secondary N) is 1. The van der Waals surface area contributed by atoms with E-state index >= 15 is 0 Å². The average molecular weight is 283 g/mol. The van der Waals surface area contributed by atoms with Gasteiger partial charge in [-0.25, -0.2) is 0 Å². The van der Waals surface area contributed by atoms with Crippen molar-refractivity contribution in [2.45, 2.75) is 25.6 Å². The van der Waals surface area contributed by atoms with Gasteiger partial charge in [0.2, 0.25) is 0 Å². The SMILES string of the molecule is COc1cccc2c1COCC(Cc1ccccc1)NC2. The summed E-state index contributed by atoms with van der Waals surface area (Å²) in [6.45, 7) is 2.19. The summed E-state index contributed by atoms with van der Waals surface area (Å²) in [6, 6.07) is 17.0. The van der Waals surface area contributed by atoms with Gasteiger partial charge in [-0.1, -0.05) is 42.5 Å². The van der Waals surface area contributed by atoms with Crippen LogP contribution in [0.25, 0.3) is 0 Å². The summed E-state index contributed by atoms with van der Waals surface area (Å²) >= 11 is 0. The number of rotatable bonds is 3. The minimum absolute atomic E-state index is 0.340. The number of benzene rings is 2. The van der Waals surface area contributed by atoms with E-state index in [0.29, 0.717) is 19.3 Å². The lowest BCUT2D eigenvalue weighted by molar-refractivity contribution is 0.0909.